The maximum atomic E-state index is 10.0. The Bertz CT molecular complexity index is 1300. The van der Waals surface area contributed by atoms with Crippen LogP contribution in [0.5, 0.6) is 0 Å². The molecule has 0 N–H and O–H groups in total. The lowest BCUT2D eigenvalue weighted by Crippen LogP contribution is -2.50. The summed E-state index contributed by atoms with van der Waals surface area (Å²) in [7, 11) is 0. The smallest absolute Gasteiger partial charge is 0.159 e. The highest BCUT2D eigenvalue weighted by molar-refractivity contribution is 5.81. The van der Waals surface area contributed by atoms with Crippen molar-refractivity contribution in [2.45, 2.75) is 50.2 Å². The van der Waals surface area contributed by atoms with Crippen molar-refractivity contribution in [3.05, 3.63) is 42.4 Å². The maximum absolute atomic E-state index is 10.0. The van der Waals surface area contributed by atoms with Gasteiger partial charge in [-0.3, -0.25) is 4.90 Å². The van der Waals surface area contributed by atoms with Gasteiger partial charge in [0.1, 0.15) is 12.1 Å². The first kappa shape index (κ1) is 20.4. The second-order valence-corrected chi connectivity index (χ2v) is 10.6. The van der Waals surface area contributed by atoms with Crippen LogP contribution in [0, 0.1) is 16.7 Å². The van der Waals surface area contributed by atoms with E-state index in [4.69, 9.17) is 4.74 Å². The van der Waals surface area contributed by atoms with Crippen molar-refractivity contribution in [1.82, 2.24) is 24.6 Å². The molecule has 34 heavy (non-hydrogen) atoms. The first-order valence-corrected chi connectivity index (χ1v) is 12.4. The highest BCUT2D eigenvalue weighted by Gasteiger charge is 2.62. The minimum atomic E-state index is -0.354. The van der Waals surface area contributed by atoms with Crippen molar-refractivity contribution in [2.75, 3.05) is 37.7 Å². The van der Waals surface area contributed by atoms with E-state index in [-0.39, 0.29) is 11.5 Å². The van der Waals surface area contributed by atoms with Crippen LogP contribution in [-0.4, -0.2) is 69.6 Å². The van der Waals surface area contributed by atoms with Crippen LogP contribution in [0.15, 0.2) is 36.8 Å². The quantitative estimate of drug-likeness (QED) is 0.598. The first-order valence-electron chi connectivity index (χ1n) is 12.4. The molecule has 0 amide bonds. The number of fused-ring (bicyclic) bond motifs is 2. The molecule has 2 aromatic heterocycles. The lowest BCUT2D eigenvalue weighted by Gasteiger charge is -2.44. The van der Waals surface area contributed by atoms with E-state index in [2.05, 4.69) is 56.1 Å². The van der Waals surface area contributed by atoms with Crippen molar-refractivity contribution in [3.63, 3.8) is 0 Å². The van der Waals surface area contributed by atoms with Crippen LogP contribution in [0.4, 0.5) is 5.82 Å². The standard InChI is InChI=1S/C26H29N7O/c1-2-31-7-8-34-22-13-32(12-21(22)31)23-10-24(29-17-28-23)33-20-9-19(4-3-18(20)11-30-33)26(16-27)14-25(15-26)5-6-25/h3-4,9-11,17,21-22H,2,5-8,12-15H2,1H3. The summed E-state index contributed by atoms with van der Waals surface area (Å²) in [6.45, 7) is 6.80. The molecule has 1 aromatic carbocycles. The van der Waals surface area contributed by atoms with Gasteiger partial charge in [0.25, 0.3) is 0 Å². The minimum absolute atomic E-state index is 0.222. The predicted molar refractivity (Wildman–Crippen MR) is 128 cm³/mol. The Labute approximate surface area is 199 Å². The van der Waals surface area contributed by atoms with Crippen molar-refractivity contribution in [3.8, 4) is 11.9 Å². The average molecular weight is 456 g/mol. The van der Waals surface area contributed by atoms with Crippen LogP contribution < -0.4 is 4.90 Å². The molecule has 4 heterocycles. The van der Waals surface area contributed by atoms with E-state index in [0.717, 1.165) is 73.7 Å². The number of nitrogens with zero attached hydrogens (tertiary/aromatic N) is 7. The molecule has 4 fully saturated rings. The molecule has 8 nitrogen and oxygen atoms in total. The summed E-state index contributed by atoms with van der Waals surface area (Å²) in [6, 6.07) is 11.4. The fourth-order valence-electron chi connectivity index (χ4n) is 6.57. The number of nitriles is 1. The molecule has 0 radical (unpaired) electrons. The molecule has 2 saturated carbocycles. The molecule has 2 aliphatic heterocycles. The summed E-state index contributed by atoms with van der Waals surface area (Å²) < 4.78 is 7.95. The third-order valence-corrected chi connectivity index (χ3v) is 8.65. The van der Waals surface area contributed by atoms with Crippen molar-refractivity contribution < 1.29 is 4.74 Å². The van der Waals surface area contributed by atoms with Gasteiger partial charge in [-0.15, -0.1) is 0 Å². The number of rotatable bonds is 4. The first-order chi connectivity index (χ1) is 16.6. The minimum Gasteiger partial charge on any atom is -0.373 e. The number of ether oxygens (including phenoxy) is 1. The van der Waals surface area contributed by atoms with Gasteiger partial charge >= 0.3 is 0 Å². The second kappa shape index (κ2) is 7.24. The largest absolute Gasteiger partial charge is 0.373 e. The van der Waals surface area contributed by atoms with Gasteiger partial charge in [0, 0.05) is 31.1 Å². The zero-order valence-corrected chi connectivity index (χ0v) is 19.5. The lowest BCUT2D eigenvalue weighted by molar-refractivity contribution is -0.0445. The topological polar surface area (TPSA) is 83.1 Å². The SMILES string of the molecule is CCN1CCOC2CN(c3cc(-n4ncc5ccc(C6(C#N)CC7(CC7)C6)cc54)ncn3)CC21. The van der Waals surface area contributed by atoms with Gasteiger partial charge in [-0.05, 0) is 49.3 Å². The number of anilines is 1. The molecular weight excluding hydrogens is 426 g/mol. The van der Waals surface area contributed by atoms with E-state index in [1.807, 2.05) is 16.9 Å². The van der Waals surface area contributed by atoms with E-state index < -0.39 is 0 Å². The summed E-state index contributed by atoms with van der Waals surface area (Å²) in [4.78, 5) is 14.0. The Morgan fingerprint density at radius 2 is 2.00 bits per heavy atom. The molecule has 2 atom stereocenters. The Hall–Kier alpha value is -3.02. The molecule has 0 bridgehead atoms. The lowest BCUT2D eigenvalue weighted by atomic mass is 9.57. The monoisotopic (exact) mass is 455 g/mol. The second-order valence-electron chi connectivity index (χ2n) is 10.6. The number of likely N-dealkylation sites (N-methyl/N-ethyl adjacent to an activating group) is 1. The molecule has 2 aliphatic carbocycles. The summed E-state index contributed by atoms with van der Waals surface area (Å²) >= 11 is 0. The maximum Gasteiger partial charge on any atom is 0.159 e. The van der Waals surface area contributed by atoms with Crippen LogP contribution in [0.25, 0.3) is 16.7 Å². The molecule has 4 aliphatic rings. The number of hydrogen-bond acceptors (Lipinski definition) is 7. The molecule has 2 saturated heterocycles. The Kier molecular flexibility index (Phi) is 4.33. The van der Waals surface area contributed by atoms with Crippen molar-refractivity contribution >= 4 is 16.7 Å². The van der Waals surface area contributed by atoms with Crippen LogP contribution in [0.2, 0.25) is 0 Å². The number of aromatic nitrogens is 4. The van der Waals surface area contributed by atoms with Crippen LogP contribution in [0.1, 0.15) is 38.2 Å². The van der Waals surface area contributed by atoms with Gasteiger partial charge in [0.2, 0.25) is 0 Å². The van der Waals surface area contributed by atoms with Crippen molar-refractivity contribution in [2.24, 2.45) is 5.41 Å². The van der Waals surface area contributed by atoms with Gasteiger partial charge in [0.15, 0.2) is 5.82 Å². The highest BCUT2D eigenvalue weighted by atomic mass is 16.5. The van der Waals surface area contributed by atoms with Gasteiger partial charge in [-0.25, -0.2) is 14.6 Å². The zero-order chi connectivity index (χ0) is 22.9. The molecule has 174 valence electrons. The molecule has 7 rings (SSSR count). The Balaban J connectivity index is 1.21. The molecule has 2 unspecified atom stereocenters. The van der Waals surface area contributed by atoms with E-state index in [1.54, 1.807) is 6.33 Å². The molecule has 1 spiro atoms. The van der Waals surface area contributed by atoms with E-state index >= 15 is 0 Å². The summed E-state index contributed by atoms with van der Waals surface area (Å²) in [5.74, 6) is 1.65. The number of morpholine rings is 1. The zero-order valence-electron chi connectivity index (χ0n) is 19.5. The normalized spacial score (nSPS) is 26.9. The predicted octanol–water partition coefficient (Wildman–Crippen LogP) is 3.06. The summed E-state index contributed by atoms with van der Waals surface area (Å²) in [5.41, 5.74) is 2.20. The Morgan fingerprint density at radius 1 is 1.15 bits per heavy atom. The van der Waals surface area contributed by atoms with E-state index in [1.165, 1.54) is 12.8 Å². The Morgan fingerprint density at radius 3 is 2.79 bits per heavy atom. The number of benzene rings is 1. The van der Waals surface area contributed by atoms with Crippen LogP contribution >= 0.6 is 0 Å². The summed E-state index contributed by atoms with van der Waals surface area (Å²) in [5, 5.41) is 15.7. The average Bonchev–Trinajstić information content (AvgIpc) is 3.32. The fourth-order valence-corrected chi connectivity index (χ4v) is 6.57. The third kappa shape index (κ3) is 3.00. The van der Waals surface area contributed by atoms with Gasteiger partial charge in [0.05, 0.1) is 42.0 Å². The molecular formula is C26H29N7O. The van der Waals surface area contributed by atoms with Crippen molar-refractivity contribution in [1.29, 1.82) is 5.26 Å². The fraction of sp³-hybridized carbons (Fsp3) is 0.538. The molecule has 3 aromatic rings. The highest BCUT2D eigenvalue weighted by Crippen LogP contribution is 2.68. The van der Waals surface area contributed by atoms with Gasteiger partial charge in [-0.2, -0.15) is 10.4 Å². The van der Waals surface area contributed by atoms with Crippen LogP contribution in [0.3, 0.4) is 0 Å². The third-order valence-electron chi connectivity index (χ3n) is 8.65. The number of hydrogen-bond donors (Lipinski definition) is 0. The van der Waals surface area contributed by atoms with Crippen LogP contribution in [-0.2, 0) is 10.2 Å². The molecule has 8 heteroatoms. The van der Waals surface area contributed by atoms with E-state index in [9.17, 15) is 5.26 Å². The summed E-state index contributed by atoms with van der Waals surface area (Å²) in [6.07, 6.45) is 8.26. The van der Waals surface area contributed by atoms with Gasteiger partial charge in [-0.1, -0.05) is 19.1 Å². The van der Waals surface area contributed by atoms with Gasteiger partial charge < -0.3 is 9.64 Å². The van der Waals surface area contributed by atoms with E-state index in [0.29, 0.717) is 11.5 Å².